The number of pyridine rings is 1. The van der Waals surface area contributed by atoms with Gasteiger partial charge in [-0.05, 0) is 55.2 Å². The zero-order valence-corrected chi connectivity index (χ0v) is 19.5. The van der Waals surface area contributed by atoms with Crippen LogP contribution in [0.25, 0.3) is 11.7 Å². The number of nitrogens with one attached hydrogen (secondary N) is 1. The van der Waals surface area contributed by atoms with Crippen molar-refractivity contribution in [2.24, 2.45) is 0 Å². The smallest absolute Gasteiger partial charge is 0.269 e. The average Bonchev–Trinajstić information content (AvgIpc) is 2.86. The van der Waals surface area contributed by atoms with Gasteiger partial charge in [-0.3, -0.25) is 14.0 Å². The molecule has 0 radical (unpaired) electrons. The van der Waals surface area contributed by atoms with Gasteiger partial charge in [0.25, 0.3) is 11.5 Å². The Kier molecular flexibility index (Phi) is 7.03. The van der Waals surface area contributed by atoms with Gasteiger partial charge in [0.15, 0.2) is 0 Å². The standard InChI is InChI=1S/C28H24N4O3/c1-19-9-6-7-13-24(19)35-27-23(28(34)32-16-8-10-20(2)25(32)31-27)17-22(18-29)26(33)30-15-14-21-11-4-3-5-12-21/h3-13,16-17H,14-15H2,1-2H3,(H,30,33)/b22-17+. The summed E-state index contributed by atoms with van der Waals surface area (Å²) in [7, 11) is 0. The molecule has 0 saturated heterocycles. The molecule has 0 atom stereocenters. The van der Waals surface area contributed by atoms with Gasteiger partial charge in [0.2, 0.25) is 5.88 Å². The Bertz CT molecular complexity index is 1520. The van der Waals surface area contributed by atoms with Gasteiger partial charge < -0.3 is 10.1 Å². The first-order valence-electron chi connectivity index (χ1n) is 11.2. The summed E-state index contributed by atoms with van der Waals surface area (Å²) in [5.74, 6) is -0.0137. The zero-order valence-electron chi connectivity index (χ0n) is 19.5. The second-order valence-electron chi connectivity index (χ2n) is 8.05. The van der Waals surface area contributed by atoms with Gasteiger partial charge in [-0.1, -0.05) is 54.6 Å². The molecule has 0 bridgehead atoms. The lowest BCUT2D eigenvalue weighted by Gasteiger charge is -2.13. The lowest BCUT2D eigenvalue weighted by Crippen LogP contribution is -2.27. The number of nitrogens with zero attached hydrogens (tertiary/aromatic N) is 3. The van der Waals surface area contributed by atoms with Gasteiger partial charge in [0.1, 0.15) is 28.6 Å². The SMILES string of the molecule is Cc1ccccc1Oc1nc2c(C)cccn2c(=O)c1/C=C(\C#N)C(=O)NCCc1ccccc1. The number of para-hydroxylation sites is 1. The third-order valence-corrected chi connectivity index (χ3v) is 5.55. The van der Waals surface area contributed by atoms with Crippen LogP contribution in [-0.4, -0.2) is 21.8 Å². The predicted molar refractivity (Wildman–Crippen MR) is 134 cm³/mol. The Labute approximate surface area is 203 Å². The normalized spacial score (nSPS) is 11.2. The Morgan fingerprint density at radius 2 is 1.77 bits per heavy atom. The van der Waals surface area contributed by atoms with Crippen molar-refractivity contribution in [3.63, 3.8) is 0 Å². The highest BCUT2D eigenvalue weighted by Crippen LogP contribution is 2.27. The fourth-order valence-corrected chi connectivity index (χ4v) is 3.62. The number of aromatic nitrogens is 2. The minimum Gasteiger partial charge on any atom is -0.438 e. The predicted octanol–water partition coefficient (Wildman–Crippen LogP) is 4.37. The minimum absolute atomic E-state index is 0.0195. The molecule has 2 heterocycles. The number of nitriles is 1. The van der Waals surface area contributed by atoms with Crippen LogP contribution in [0, 0.1) is 25.2 Å². The summed E-state index contributed by atoms with van der Waals surface area (Å²) < 4.78 is 7.42. The Balaban J connectivity index is 1.72. The summed E-state index contributed by atoms with van der Waals surface area (Å²) >= 11 is 0. The van der Waals surface area contributed by atoms with Crippen molar-refractivity contribution in [3.8, 4) is 17.7 Å². The van der Waals surface area contributed by atoms with Gasteiger partial charge in [-0.15, -0.1) is 0 Å². The molecule has 0 saturated carbocycles. The van der Waals surface area contributed by atoms with Crippen LogP contribution in [0.5, 0.6) is 11.6 Å². The second kappa shape index (κ2) is 10.5. The van der Waals surface area contributed by atoms with Crippen LogP contribution in [0.2, 0.25) is 0 Å². The van der Waals surface area contributed by atoms with E-state index in [2.05, 4.69) is 10.3 Å². The topological polar surface area (TPSA) is 96.5 Å². The zero-order chi connectivity index (χ0) is 24.8. The van der Waals surface area contributed by atoms with Crippen molar-refractivity contribution < 1.29 is 9.53 Å². The van der Waals surface area contributed by atoms with E-state index in [4.69, 9.17) is 4.74 Å². The number of fused-ring (bicyclic) bond motifs is 1. The maximum Gasteiger partial charge on any atom is 0.269 e. The van der Waals surface area contributed by atoms with Gasteiger partial charge in [-0.25, -0.2) is 0 Å². The Morgan fingerprint density at radius 3 is 2.51 bits per heavy atom. The van der Waals surface area contributed by atoms with Crippen molar-refractivity contribution >= 4 is 17.6 Å². The molecule has 7 heteroatoms. The van der Waals surface area contributed by atoms with E-state index >= 15 is 0 Å². The van der Waals surface area contributed by atoms with Crippen LogP contribution < -0.4 is 15.6 Å². The van der Waals surface area contributed by atoms with Crippen LogP contribution >= 0.6 is 0 Å². The van der Waals surface area contributed by atoms with Crippen molar-refractivity contribution in [2.45, 2.75) is 20.3 Å². The van der Waals surface area contributed by atoms with E-state index in [1.165, 1.54) is 10.5 Å². The fraction of sp³-hybridized carbons (Fsp3) is 0.143. The molecule has 0 aliphatic carbocycles. The molecule has 0 unspecified atom stereocenters. The molecule has 0 fully saturated rings. The van der Waals surface area contributed by atoms with Gasteiger partial charge in [0.05, 0.1) is 0 Å². The van der Waals surface area contributed by atoms with Crippen molar-refractivity contribution in [1.29, 1.82) is 5.26 Å². The minimum atomic E-state index is -0.570. The first-order chi connectivity index (χ1) is 17.0. The average molecular weight is 465 g/mol. The summed E-state index contributed by atoms with van der Waals surface area (Å²) in [5, 5.41) is 12.4. The van der Waals surface area contributed by atoms with Crippen LogP contribution in [0.15, 0.2) is 83.3 Å². The highest BCUT2D eigenvalue weighted by atomic mass is 16.5. The molecule has 0 aliphatic heterocycles. The Hall–Kier alpha value is -4.70. The summed E-state index contributed by atoms with van der Waals surface area (Å²) in [6.07, 6.45) is 3.46. The number of carbonyl (C=O) groups is 1. The number of ether oxygens (including phenoxy) is 1. The largest absolute Gasteiger partial charge is 0.438 e. The maximum atomic E-state index is 13.4. The van der Waals surface area contributed by atoms with E-state index in [9.17, 15) is 14.9 Å². The molecule has 174 valence electrons. The van der Waals surface area contributed by atoms with E-state index in [1.807, 2.05) is 74.5 Å². The molecule has 7 nitrogen and oxygen atoms in total. The van der Waals surface area contributed by atoms with Gasteiger partial charge in [-0.2, -0.15) is 10.2 Å². The lowest BCUT2D eigenvalue weighted by atomic mass is 10.1. The van der Waals surface area contributed by atoms with Crippen molar-refractivity contribution in [1.82, 2.24) is 14.7 Å². The summed E-state index contributed by atoms with van der Waals surface area (Å²) in [6, 6.07) is 22.5. The van der Waals surface area contributed by atoms with E-state index in [-0.39, 0.29) is 17.0 Å². The quantitative estimate of drug-likeness (QED) is 0.324. The lowest BCUT2D eigenvalue weighted by molar-refractivity contribution is -0.117. The number of carbonyl (C=O) groups excluding carboxylic acids is 1. The van der Waals surface area contributed by atoms with E-state index in [1.54, 1.807) is 18.3 Å². The Morgan fingerprint density at radius 1 is 1.06 bits per heavy atom. The number of hydrogen-bond acceptors (Lipinski definition) is 5. The van der Waals surface area contributed by atoms with E-state index in [0.717, 1.165) is 16.7 Å². The van der Waals surface area contributed by atoms with Crippen molar-refractivity contribution in [2.75, 3.05) is 6.54 Å². The molecule has 4 aromatic rings. The third-order valence-electron chi connectivity index (χ3n) is 5.55. The van der Waals surface area contributed by atoms with E-state index in [0.29, 0.717) is 24.4 Å². The molecular weight excluding hydrogens is 440 g/mol. The van der Waals surface area contributed by atoms with Crippen LogP contribution in [0.1, 0.15) is 22.3 Å². The van der Waals surface area contributed by atoms with Gasteiger partial charge in [0, 0.05) is 12.7 Å². The number of aryl methyl sites for hydroxylation is 2. The second-order valence-corrected chi connectivity index (χ2v) is 8.05. The third kappa shape index (κ3) is 5.28. The van der Waals surface area contributed by atoms with Crippen LogP contribution in [-0.2, 0) is 11.2 Å². The van der Waals surface area contributed by atoms with Crippen LogP contribution in [0.3, 0.4) is 0 Å². The monoisotopic (exact) mass is 464 g/mol. The molecule has 0 spiro atoms. The summed E-state index contributed by atoms with van der Waals surface area (Å²) in [6.45, 7) is 4.07. The molecule has 1 amide bonds. The first-order valence-corrected chi connectivity index (χ1v) is 11.2. The number of rotatable bonds is 7. The van der Waals surface area contributed by atoms with E-state index < -0.39 is 11.5 Å². The summed E-state index contributed by atoms with van der Waals surface area (Å²) in [5.41, 5.74) is 2.51. The van der Waals surface area contributed by atoms with Crippen molar-refractivity contribution in [3.05, 3.63) is 111 Å². The molecular formula is C28H24N4O3. The van der Waals surface area contributed by atoms with Crippen LogP contribution in [0.4, 0.5) is 0 Å². The molecule has 0 aliphatic rings. The summed E-state index contributed by atoms with van der Waals surface area (Å²) in [4.78, 5) is 30.7. The van der Waals surface area contributed by atoms with Gasteiger partial charge >= 0.3 is 0 Å². The molecule has 2 aromatic heterocycles. The molecule has 35 heavy (non-hydrogen) atoms. The first kappa shape index (κ1) is 23.5. The highest BCUT2D eigenvalue weighted by molar-refractivity contribution is 6.01. The molecule has 4 rings (SSSR count). The molecule has 1 N–H and O–H groups in total. The number of amides is 1. The number of hydrogen-bond donors (Lipinski definition) is 1. The highest BCUT2D eigenvalue weighted by Gasteiger charge is 2.18. The number of benzene rings is 2. The fourth-order valence-electron chi connectivity index (χ4n) is 3.62. The maximum absolute atomic E-state index is 13.4. The molecule has 2 aromatic carbocycles.